The van der Waals surface area contributed by atoms with Gasteiger partial charge in [0.05, 0.1) is 18.7 Å². The number of amides is 1. The van der Waals surface area contributed by atoms with Crippen LogP contribution >= 0.6 is 34.8 Å². The molecule has 8 nitrogen and oxygen atoms in total. The van der Waals surface area contributed by atoms with Crippen LogP contribution in [0.15, 0.2) is 0 Å². The first-order valence-electron chi connectivity index (χ1n) is 8.68. The number of rotatable bonds is 5. The molecular weight excluding hydrogens is 433 g/mol. The number of aldehydes is 1. The van der Waals surface area contributed by atoms with Gasteiger partial charge in [0.25, 0.3) is 12.4 Å². The van der Waals surface area contributed by atoms with Crippen molar-refractivity contribution < 1.29 is 23.9 Å². The first-order chi connectivity index (χ1) is 12.8. The highest BCUT2D eigenvalue weighted by Gasteiger charge is 2.25. The Labute approximate surface area is 182 Å². The summed E-state index contributed by atoms with van der Waals surface area (Å²) in [6.45, 7) is 8.53. The van der Waals surface area contributed by atoms with Crippen LogP contribution in [0, 0.1) is 0 Å². The van der Waals surface area contributed by atoms with Gasteiger partial charge in [-0.05, 0) is 47.6 Å². The standard InChI is InChI=1S/C9H17N3O2.C5H10O2.C3H5Cl3O/c1-7(10-2)9(14)12-5-3-4-8(6-13)11-12;1-5(2,3)7-4-6;1-7-2-3(4,5)6/h6-8,10-11H,3-5H2,1-2H3;4H,1-3H3;2H2,1H3. The van der Waals surface area contributed by atoms with Crippen molar-refractivity contribution in [3.8, 4) is 0 Å². The zero-order valence-corrected chi connectivity index (χ0v) is 19.5. The molecule has 0 bridgehead atoms. The third-order valence-electron chi connectivity index (χ3n) is 3.16. The Balaban J connectivity index is 0. The molecule has 2 unspecified atom stereocenters. The largest absolute Gasteiger partial charge is 0.462 e. The Morgan fingerprint density at radius 2 is 1.89 bits per heavy atom. The van der Waals surface area contributed by atoms with Crippen LogP contribution in [-0.4, -0.2) is 72.5 Å². The van der Waals surface area contributed by atoms with Gasteiger partial charge in [-0.25, -0.2) is 5.43 Å². The molecule has 11 heteroatoms. The van der Waals surface area contributed by atoms with E-state index in [4.69, 9.17) is 34.8 Å². The number of hydrazine groups is 1. The van der Waals surface area contributed by atoms with Gasteiger partial charge in [-0.2, -0.15) is 0 Å². The number of halogens is 3. The van der Waals surface area contributed by atoms with Gasteiger partial charge in [0.1, 0.15) is 11.9 Å². The number of hydrogen-bond acceptors (Lipinski definition) is 7. The molecule has 1 rings (SSSR count). The maximum atomic E-state index is 11.7. The number of likely N-dealkylation sites (N-methyl/N-ethyl adjacent to an activating group) is 1. The smallest absolute Gasteiger partial charge is 0.293 e. The molecule has 1 heterocycles. The first kappa shape index (κ1) is 29.6. The monoisotopic (exact) mass is 463 g/mol. The average molecular weight is 465 g/mol. The summed E-state index contributed by atoms with van der Waals surface area (Å²) in [7, 11) is 3.21. The van der Waals surface area contributed by atoms with Gasteiger partial charge in [0.2, 0.25) is 3.79 Å². The molecule has 1 aliphatic rings. The highest BCUT2D eigenvalue weighted by Crippen LogP contribution is 2.25. The Kier molecular flexibility index (Phi) is 16.1. The van der Waals surface area contributed by atoms with Crippen molar-refractivity contribution in [2.24, 2.45) is 0 Å². The molecule has 166 valence electrons. The molecule has 1 aliphatic heterocycles. The number of nitrogens with zero attached hydrogens (tertiary/aromatic N) is 1. The summed E-state index contributed by atoms with van der Waals surface area (Å²) in [5, 5.41) is 4.41. The Hall–Kier alpha value is -0.640. The van der Waals surface area contributed by atoms with Crippen molar-refractivity contribution in [2.75, 3.05) is 27.3 Å². The van der Waals surface area contributed by atoms with E-state index in [1.165, 1.54) is 12.1 Å². The summed E-state index contributed by atoms with van der Waals surface area (Å²) in [4.78, 5) is 31.8. The van der Waals surface area contributed by atoms with E-state index in [1.54, 1.807) is 14.0 Å². The number of hydrogen-bond donors (Lipinski definition) is 2. The van der Waals surface area contributed by atoms with Crippen LogP contribution in [0.5, 0.6) is 0 Å². The molecule has 2 atom stereocenters. The third kappa shape index (κ3) is 17.5. The number of carbonyl (C=O) groups is 3. The molecule has 0 saturated carbocycles. The zero-order chi connectivity index (χ0) is 22.4. The lowest BCUT2D eigenvalue weighted by Gasteiger charge is -2.32. The SMILES string of the molecule is CC(C)(C)OC=O.CNC(C)C(=O)N1CCCC(C=O)N1.COCC(Cl)(Cl)Cl. The fourth-order valence-electron chi connectivity index (χ4n) is 1.74. The van der Waals surface area contributed by atoms with Crippen LogP contribution in [0.25, 0.3) is 0 Å². The summed E-state index contributed by atoms with van der Waals surface area (Å²) >= 11 is 15.7. The molecule has 1 amide bonds. The van der Waals surface area contributed by atoms with Gasteiger partial charge in [-0.1, -0.05) is 34.8 Å². The van der Waals surface area contributed by atoms with Crippen LogP contribution in [0.2, 0.25) is 0 Å². The average Bonchev–Trinajstić information content (AvgIpc) is 2.59. The first-order valence-corrected chi connectivity index (χ1v) is 9.82. The summed E-state index contributed by atoms with van der Waals surface area (Å²) in [6.07, 6.45) is 2.53. The highest BCUT2D eigenvalue weighted by molar-refractivity contribution is 6.67. The molecule has 0 spiro atoms. The second-order valence-electron chi connectivity index (χ2n) is 6.89. The second-order valence-corrected chi connectivity index (χ2v) is 9.40. The molecule has 0 aromatic rings. The van der Waals surface area contributed by atoms with E-state index < -0.39 is 3.79 Å². The number of ether oxygens (including phenoxy) is 2. The maximum Gasteiger partial charge on any atom is 0.293 e. The van der Waals surface area contributed by atoms with Crippen LogP contribution in [-0.2, 0) is 23.9 Å². The number of alkyl halides is 3. The summed E-state index contributed by atoms with van der Waals surface area (Å²) in [5.41, 5.74) is 2.58. The molecule has 28 heavy (non-hydrogen) atoms. The van der Waals surface area contributed by atoms with Crippen molar-refractivity contribution in [3.05, 3.63) is 0 Å². The fraction of sp³-hybridized carbons (Fsp3) is 0.824. The molecule has 2 N–H and O–H groups in total. The fourth-order valence-corrected chi connectivity index (χ4v) is 2.06. The van der Waals surface area contributed by atoms with E-state index >= 15 is 0 Å². The van der Waals surface area contributed by atoms with Gasteiger partial charge in [-0.3, -0.25) is 14.6 Å². The predicted molar refractivity (Wildman–Crippen MR) is 112 cm³/mol. The minimum atomic E-state index is -1.26. The van der Waals surface area contributed by atoms with Crippen molar-refractivity contribution in [3.63, 3.8) is 0 Å². The van der Waals surface area contributed by atoms with Crippen molar-refractivity contribution in [1.29, 1.82) is 0 Å². The highest BCUT2D eigenvalue weighted by atomic mass is 35.6. The molecule has 0 aliphatic carbocycles. The van der Waals surface area contributed by atoms with Gasteiger partial charge in [-0.15, -0.1) is 0 Å². The predicted octanol–water partition coefficient (Wildman–Crippen LogP) is 2.25. The van der Waals surface area contributed by atoms with Crippen LogP contribution in [0.4, 0.5) is 0 Å². The summed E-state index contributed by atoms with van der Waals surface area (Å²) < 4.78 is 7.80. The second kappa shape index (κ2) is 15.2. The van der Waals surface area contributed by atoms with Gasteiger partial charge in [0.15, 0.2) is 0 Å². The number of carbonyl (C=O) groups excluding carboxylic acids is 3. The molecule has 0 radical (unpaired) electrons. The van der Waals surface area contributed by atoms with Crippen molar-refractivity contribution in [2.45, 2.75) is 62.0 Å². The van der Waals surface area contributed by atoms with Crippen LogP contribution in [0.3, 0.4) is 0 Å². The quantitative estimate of drug-likeness (QED) is 0.476. The van der Waals surface area contributed by atoms with E-state index in [9.17, 15) is 14.4 Å². The molecule has 1 saturated heterocycles. The van der Waals surface area contributed by atoms with Gasteiger partial charge < -0.3 is 19.6 Å². The van der Waals surface area contributed by atoms with E-state index in [2.05, 4.69) is 20.2 Å². The molecule has 1 fully saturated rings. The minimum Gasteiger partial charge on any atom is -0.462 e. The Bertz CT molecular complexity index is 456. The molecule has 0 aromatic carbocycles. The summed E-state index contributed by atoms with van der Waals surface area (Å²) in [5.74, 6) is -0.0148. The molecular formula is C17H32Cl3N3O5. The Morgan fingerprint density at radius 1 is 1.32 bits per heavy atom. The van der Waals surface area contributed by atoms with E-state index in [-0.39, 0.29) is 30.2 Å². The molecule has 0 aromatic heterocycles. The lowest BCUT2D eigenvalue weighted by atomic mass is 10.1. The Morgan fingerprint density at radius 3 is 2.18 bits per heavy atom. The maximum absolute atomic E-state index is 11.7. The van der Waals surface area contributed by atoms with E-state index in [0.29, 0.717) is 13.0 Å². The van der Waals surface area contributed by atoms with Gasteiger partial charge in [0, 0.05) is 13.7 Å². The number of nitrogens with one attached hydrogen (secondary N) is 2. The van der Waals surface area contributed by atoms with Crippen LogP contribution < -0.4 is 10.7 Å². The topological polar surface area (TPSA) is 97.0 Å². The minimum absolute atomic E-state index is 0.0148. The zero-order valence-electron chi connectivity index (χ0n) is 17.3. The summed E-state index contributed by atoms with van der Waals surface area (Å²) in [6, 6.07) is -0.426. The van der Waals surface area contributed by atoms with Crippen molar-refractivity contribution >= 4 is 53.5 Å². The van der Waals surface area contributed by atoms with E-state index in [0.717, 1.165) is 19.1 Å². The third-order valence-corrected chi connectivity index (χ3v) is 3.49. The van der Waals surface area contributed by atoms with Crippen molar-refractivity contribution in [1.82, 2.24) is 15.8 Å². The van der Waals surface area contributed by atoms with E-state index in [1.807, 2.05) is 20.8 Å². The lowest BCUT2D eigenvalue weighted by molar-refractivity contribution is -0.140. The number of methoxy groups -OCH3 is 1. The van der Waals surface area contributed by atoms with Gasteiger partial charge >= 0.3 is 0 Å². The normalized spacial score (nSPS) is 17.9. The lowest BCUT2D eigenvalue weighted by Crippen LogP contribution is -2.56. The van der Waals surface area contributed by atoms with Crippen LogP contribution in [0.1, 0.15) is 40.5 Å².